The third kappa shape index (κ3) is 2.91. The highest BCUT2D eigenvalue weighted by atomic mass is 16.1. The van der Waals surface area contributed by atoms with E-state index in [1.807, 2.05) is 67.6 Å². The van der Waals surface area contributed by atoms with Crippen LogP contribution in [0.25, 0.3) is 12.2 Å². The second kappa shape index (κ2) is 5.26. The van der Waals surface area contributed by atoms with Crippen LogP contribution in [-0.2, 0) is 0 Å². The average Bonchev–Trinajstić information content (AvgIpc) is 2.38. The molecule has 1 nitrogen and oxygen atoms in total. The summed E-state index contributed by atoms with van der Waals surface area (Å²) in [7, 11) is 0. The maximum atomic E-state index is 10.9. The van der Waals surface area contributed by atoms with Gasteiger partial charge in [-0.15, -0.1) is 0 Å². The Morgan fingerprint density at radius 2 is 1.65 bits per heavy atom. The van der Waals surface area contributed by atoms with Crippen LogP contribution in [0.4, 0.5) is 0 Å². The van der Waals surface area contributed by atoms with Gasteiger partial charge in [-0.25, -0.2) is 0 Å². The number of carbonyl (C=O) groups excluding carboxylic acids is 1. The fraction of sp³-hybridized carbons (Fsp3) is 0.0625. The maximum Gasteiger partial charge on any atom is 0.150 e. The van der Waals surface area contributed by atoms with E-state index in [-0.39, 0.29) is 0 Å². The number of carbonyl (C=O) groups is 1. The van der Waals surface area contributed by atoms with Crippen LogP contribution in [0.5, 0.6) is 0 Å². The van der Waals surface area contributed by atoms with Crippen LogP contribution in [-0.4, -0.2) is 6.29 Å². The van der Waals surface area contributed by atoms with Crippen LogP contribution in [0.2, 0.25) is 0 Å². The molecule has 0 atom stereocenters. The molecule has 0 amide bonds. The topological polar surface area (TPSA) is 17.1 Å². The highest BCUT2D eigenvalue weighted by Gasteiger charge is 1.97. The van der Waals surface area contributed by atoms with E-state index in [2.05, 4.69) is 0 Å². The van der Waals surface area contributed by atoms with Gasteiger partial charge in [-0.2, -0.15) is 0 Å². The smallest absolute Gasteiger partial charge is 0.150 e. The van der Waals surface area contributed by atoms with Gasteiger partial charge >= 0.3 is 0 Å². The van der Waals surface area contributed by atoms with Crippen molar-refractivity contribution in [3.05, 3.63) is 70.8 Å². The van der Waals surface area contributed by atoms with Gasteiger partial charge in [0.1, 0.15) is 0 Å². The number of benzene rings is 2. The predicted octanol–water partition coefficient (Wildman–Crippen LogP) is 3.98. The van der Waals surface area contributed by atoms with Crippen molar-refractivity contribution < 1.29 is 4.79 Å². The fourth-order valence-corrected chi connectivity index (χ4v) is 1.70. The van der Waals surface area contributed by atoms with Crippen molar-refractivity contribution >= 4 is 18.4 Å². The predicted molar refractivity (Wildman–Crippen MR) is 71.9 cm³/mol. The minimum absolute atomic E-state index is 0.725. The summed E-state index contributed by atoms with van der Waals surface area (Å²) < 4.78 is 0. The van der Waals surface area contributed by atoms with Gasteiger partial charge in [-0.1, -0.05) is 66.2 Å². The second-order valence-electron chi connectivity index (χ2n) is 3.99. The molecule has 17 heavy (non-hydrogen) atoms. The molecule has 0 radical (unpaired) electrons. The van der Waals surface area contributed by atoms with Crippen molar-refractivity contribution in [3.63, 3.8) is 0 Å². The van der Waals surface area contributed by atoms with Gasteiger partial charge in [0.25, 0.3) is 0 Å². The number of rotatable bonds is 3. The summed E-state index contributed by atoms with van der Waals surface area (Å²) in [4.78, 5) is 10.9. The second-order valence-corrected chi connectivity index (χ2v) is 3.99. The molecule has 0 aliphatic rings. The summed E-state index contributed by atoms with van der Waals surface area (Å²) in [5.74, 6) is 0. The van der Waals surface area contributed by atoms with Gasteiger partial charge in [0.05, 0.1) is 0 Å². The van der Waals surface area contributed by atoms with E-state index in [0.29, 0.717) is 0 Å². The first-order valence-electron chi connectivity index (χ1n) is 5.58. The number of aldehydes is 1. The molecule has 0 saturated carbocycles. The molecule has 0 bridgehead atoms. The molecular formula is C16H14O. The Balaban J connectivity index is 2.32. The molecule has 0 saturated heterocycles. The first-order chi connectivity index (χ1) is 8.29. The first kappa shape index (κ1) is 11.3. The average molecular weight is 222 g/mol. The largest absolute Gasteiger partial charge is 0.298 e. The molecule has 0 spiro atoms. The van der Waals surface area contributed by atoms with Crippen molar-refractivity contribution in [2.24, 2.45) is 0 Å². The molecule has 1 heteroatoms. The lowest BCUT2D eigenvalue weighted by Gasteiger charge is -2.00. The zero-order chi connectivity index (χ0) is 12.1. The minimum Gasteiger partial charge on any atom is -0.298 e. The van der Waals surface area contributed by atoms with Crippen molar-refractivity contribution in [3.8, 4) is 0 Å². The Labute approximate surface area is 101 Å². The van der Waals surface area contributed by atoms with Crippen molar-refractivity contribution in [1.29, 1.82) is 0 Å². The fourth-order valence-electron chi connectivity index (χ4n) is 1.70. The van der Waals surface area contributed by atoms with Crippen LogP contribution in [0, 0.1) is 6.92 Å². The quantitative estimate of drug-likeness (QED) is 0.567. The Hall–Kier alpha value is -2.15. The van der Waals surface area contributed by atoms with Gasteiger partial charge in [-0.3, -0.25) is 4.79 Å². The minimum atomic E-state index is 0.725. The van der Waals surface area contributed by atoms with Crippen LogP contribution in [0.1, 0.15) is 27.0 Å². The van der Waals surface area contributed by atoms with Gasteiger partial charge in [0.15, 0.2) is 6.29 Å². The van der Waals surface area contributed by atoms with Crippen molar-refractivity contribution in [2.75, 3.05) is 0 Å². The Bertz CT molecular complexity index is 539. The lowest BCUT2D eigenvalue weighted by molar-refractivity contribution is 0.112. The summed E-state index contributed by atoms with van der Waals surface area (Å²) in [6.07, 6.45) is 4.89. The van der Waals surface area contributed by atoms with Crippen LogP contribution in [0.15, 0.2) is 48.5 Å². The van der Waals surface area contributed by atoms with Gasteiger partial charge in [-0.05, 0) is 18.1 Å². The molecule has 0 aromatic heterocycles. The highest BCUT2D eigenvalue weighted by molar-refractivity contribution is 5.85. The van der Waals surface area contributed by atoms with Crippen molar-refractivity contribution in [1.82, 2.24) is 0 Å². The molecule has 0 unspecified atom stereocenters. The molecular weight excluding hydrogens is 208 g/mol. The summed E-state index contributed by atoms with van der Waals surface area (Å²) in [5.41, 5.74) is 3.97. The molecule has 0 N–H and O–H groups in total. The zero-order valence-electron chi connectivity index (χ0n) is 9.76. The van der Waals surface area contributed by atoms with Crippen molar-refractivity contribution in [2.45, 2.75) is 6.92 Å². The standard InChI is InChI=1S/C16H14O/c1-13-7-9-16(12-17)15(11-13)10-8-14-5-3-2-4-6-14/h2-12H,1H3/b10-8+. The third-order valence-electron chi connectivity index (χ3n) is 2.62. The normalized spacial score (nSPS) is 10.6. The van der Waals surface area contributed by atoms with Crippen LogP contribution >= 0.6 is 0 Å². The number of aryl methyl sites for hydroxylation is 1. The van der Waals surface area contributed by atoms with Crippen LogP contribution < -0.4 is 0 Å². The molecule has 2 rings (SSSR count). The van der Waals surface area contributed by atoms with Gasteiger partial charge < -0.3 is 0 Å². The van der Waals surface area contributed by atoms with E-state index >= 15 is 0 Å². The summed E-state index contributed by atoms with van der Waals surface area (Å²) in [5, 5.41) is 0. The van der Waals surface area contributed by atoms with Gasteiger partial charge in [0.2, 0.25) is 0 Å². The van der Waals surface area contributed by atoms with E-state index in [1.54, 1.807) is 0 Å². The maximum absolute atomic E-state index is 10.9. The third-order valence-corrected chi connectivity index (χ3v) is 2.62. The molecule has 0 aliphatic heterocycles. The summed E-state index contributed by atoms with van der Waals surface area (Å²) in [6.45, 7) is 2.02. The molecule has 0 aliphatic carbocycles. The van der Waals surface area contributed by atoms with Crippen LogP contribution in [0.3, 0.4) is 0 Å². The Kier molecular flexibility index (Phi) is 3.51. The Morgan fingerprint density at radius 1 is 0.882 bits per heavy atom. The Morgan fingerprint density at radius 3 is 2.35 bits per heavy atom. The molecule has 2 aromatic carbocycles. The monoisotopic (exact) mass is 222 g/mol. The van der Waals surface area contributed by atoms with E-state index in [4.69, 9.17) is 0 Å². The molecule has 84 valence electrons. The van der Waals surface area contributed by atoms with E-state index in [0.717, 1.165) is 28.5 Å². The lowest BCUT2D eigenvalue weighted by Crippen LogP contribution is -1.86. The molecule has 0 heterocycles. The number of hydrogen-bond donors (Lipinski definition) is 0. The lowest BCUT2D eigenvalue weighted by atomic mass is 10.0. The van der Waals surface area contributed by atoms with E-state index in [9.17, 15) is 4.79 Å². The van der Waals surface area contributed by atoms with E-state index in [1.165, 1.54) is 0 Å². The number of hydrogen-bond acceptors (Lipinski definition) is 1. The zero-order valence-corrected chi connectivity index (χ0v) is 9.76. The molecule has 2 aromatic rings. The summed E-state index contributed by atoms with van der Waals surface area (Å²) in [6, 6.07) is 15.9. The van der Waals surface area contributed by atoms with E-state index < -0.39 is 0 Å². The summed E-state index contributed by atoms with van der Waals surface area (Å²) >= 11 is 0. The highest BCUT2D eigenvalue weighted by Crippen LogP contribution is 2.14. The molecule has 0 fully saturated rings. The SMILES string of the molecule is Cc1ccc(C=O)c(/C=C/c2ccccc2)c1. The first-order valence-corrected chi connectivity index (χ1v) is 5.58. The van der Waals surface area contributed by atoms with Gasteiger partial charge in [0, 0.05) is 5.56 Å².